The summed E-state index contributed by atoms with van der Waals surface area (Å²) in [7, 11) is 0. The second-order valence-electron chi connectivity index (χ2n) is 6.05. The Morgan fingerprint density at radius 1 is 1.06 bits per heavy atom. The van der Waals surface area contributed by atoms with E-state index in [4.69, 9.17) is 0 Å². The monoisotopic (exact) mass is 227 g/mol. The molecule has 1 heteroatoms. The number of hydrogen-bond donors (Lipinski definition) is 0. The van der Waals surface area contributed by atoms with Gasteiger partial charge in [0.2, 0.25) is 0 Å². The Bertz CT molecular complexity index is 439. The third-order valence-electron chi connectivity index (χ3n) is 5.48. The largest absolute Gasteiger partial charge is 0.293 e. The lowest BCUT2D eigenvalue weighted by molar-refractivity contribution is 0.0504. The molecular formula is C16H21N. The molecule has 0 radical (unpaired) electrons. The van der Waals surface area contributed by atoms with Crippen LogP contribution in [0.2, 0.25) is 0 Å². The molecule has 0 N–H and O–H groups in total. The maximum absolute atomic E-state index is 2.82. The molecule has 0 amide bonds. The quantitative estimate of drug-likeness (QED) is 0.657. The van der Waals surface area contributed by atoms with E-state index in [1.165, 1.54) is 51.6 Å². The standard InChI is InChI=1S/C16H21N/c1-2-7-15-13(5-1)8-11-17-12-9-14-6-3-4-10-16(14,15)17/h1-2,5,7,14H,3-4,6,8-12H2/t14?,16-/m0/s1. The van der Waals surface area contributed by atoms with Crippen molar-refractivity contribution >= 4 is 0 Å². The predicted molar refractivity (Wildman–Crippen MR) is 70.0 cm³/mol. The van der Waals surface area contributed by atoms with Gasteiger partial charge < -0.3 is 0 Å². The molecule has 2 aliphatic heterocycles. The molecule has 1 unspecified atom stereocenters. The molecule has 3 aliphatic rings. The van der Waals surface area contributed by atoms with Gasteiger partial charge in [0.25, 0.3) is 0 Å². The van der Waals surface area contributed by atoms with Gasteiger partial charge in [0.15, 0.2) is 0 Å². The Hall–Kier alpha value is -0.820. The van der Waals surface area contributed by atoms with Gasteiger partial charge in [-0.2, -0.15) is 0 Å². The number of hydrogen-bond acceptors (Lipinski definition) is 1. The molecule has 4 rings (SSSR count). The lowest BCUT2D eigenvalue weighted by atomic mass is 9.67. The van der Waals surface area contributed by atoms with Crippen LogP contribution in [0.15, 0.2) is 24.3 Å². The van der Waals surface area contributed by atoms with Gasteiger partial charge in [0.05, 0.1) is 0 Å². The van der Waals surface area contributed by atoms with E-state index in [-0.39, 0.29) is 0 Å². The summed E-state index contributed by atoms with van der Waals surface area (Å²) in [5.41, 5.74) is 3.78. The Kier molecular flexibility index (Phi) is 2.14. The van der Waals surface area contributed by atoms with Gasteiger partial charge in [-0.25, -0.2) is 0 Å². The maximum atomic E-state index is 2.82. The SMILES string of the molecule is c1ccc2c(c1)CCN1CCC3CCCC[C@@]231. The number of rotatable bonds is 0. The normalized spacial score (nSPS) is 36.1. The Balaban J connectivity index is 1.90. The smallest absolute Gasteiger partial charge is 0.0492 e. The molecule has 17 heavy (non-hydrogen) atoms. The molecule has 1 aromatic carbocycles. The van der Waals surface area contributed by atoms with Crippen molar-refractivity contribution in [2.45, 2.75) is 44.1 Å². The first-order valence-electron chi connectivity index (χ1n) is 7.25. The summed E-state index contributed by atoms with van der Waals surface area (Å²) >= 11 is 0. The third kappa shape index (κ3) is 1.24. The van der Waals surface area contributed by atoms with Crippen LogP contribution in [0.5, 0.6) is 0 Å². The van der Waals surface area contributed by atoms with E-state index >= 15 is 0 Å². The van der Waals surface area contributed by atoms with Gasteiger partial charge in [0.1, 0.15) is 0 Å². The number of benzene rings is 1. The topological polar surface area (TPSA) is 3.24 Å². The molecule has 1 spiro atoms. The van der Waals surface area contributed by atoms with Gasteiger partial charge in [0, 0.05) is 12.1 Å². The average molecular weight is 227 g/mol. The third-order valence-corrected chi connectivity index (χ3v) is 5.48. The molecule has 0 bridgehead atoms. The van der Waals surface area contributed by atoms with Crippen molar-refractivity contribution in [1.82, 2.24) is 4.90 Å². The van der Waals surface area contributed by atoms with E-state index < -0.39 is 0 Å². The second-order valence-corrected chi connectivity index (χ2v) is 6.05. The molecule has 1 aliphatic carbocycles. The number of fused-ring (bicyclic) bond motifs is 1. The van der Waals surface area contributed by atoms with E-state index in [0.717, 1.165) is 5.92 Å². The second kappa shape index (κ2) is 3.58. The summed E-state index contributed by atoms with van der Waals surface area (Å²) in [6, 6.07) is 9.26. The van der Waals surface area contributed by atoms with E-state index in [2.05, 4.69) is 29.2 Å². The lowest BCUT2D eigenvalue weighted by Crippen LogP contribution is -2.50. The minimum Gasteiger partial charge on any atom is -0.293 e. The van der Waals surface area contributed by atoms with Crippen LogP contribution < -0.4 is 0 Å². The zero-order valence-corrected chi connectivity index (χ0v) is 10.5. The van der Waals surface area contributed by atoms with Crippen molar-refractivity contribution in [3.8, 4) is 0 Å². The zero-order chi connectivity index (χ0) is 11.3. The van der Waals surface area contributed by atoms with Crippen molar-refractivity contribution < 1.29 is 0 Å². The van der Waals surface area contributed by atoms with Crippen LogP contribution in [0.3, 0.4) is 0 Å². The molecule has 1 aromatic rings. The van der Waals surface area contributed by atoms with E-state index in [9.17, 15) is 0 Å². The summed E-state index contributed by atoms with van der Waals surface area (Å²) in [4.78, 5) is 2.82. The van der Waals surface area contributed by atoms with E-state index in [0.29, 0.717) is 5.54 Å². The van der Waals surface area contributed by atoms with Gasteiger partial charge >= 0.3 is 0 Å². The molecule has 90 valence electrons. The Morgan fingerprint density at radius 2 is 2.00 bits per heavy atom. The first-order chi connectivity index (χ1) is 8.41. The summed E-state index contributed by atoms with van der Waals surface area (Å²) in [6.07, 6.45) is 8.47. The minimum absolute atomic E-state index is 0.451. The molecule has 2 fully saturated rings. The molecular weight excluding hydrogens is 206 g/mol. The maximum Gasteiger partial charge on any atom is 0.0492 e. The highest BCUT2D eigenvalue weighted by Gasteiger charge is 2.52. The fourth-order valence-corrected chi connectivity index (χ4v) is 4.79. The van der Waals surface area contributed by atoms with Crippen molar-refractivity contribution in [2.75, 3.05) is 13.1 Å². The van der Waals surface area contributed by atoms with Crippen LogP contribution in [0.25, 0.3) is 0 Å². The molecule has 1 saturated heterocycles. The van der Waals surface area contributed by atoms with Crippen LogP contribution in [-0.4, -0.2) is 18.0 Å². The molecule has 2 heterocycles. The summed E-state index contributed by atoms with van der Waals surface area (Å²) in [6.45, 7) is 2.65. The highest BCUT2D eigenvalue weighted by molar-refractivity contribution is 5.38. The fraction of sp³-hybridized carbons (Fsp3) is 0.625. The van der Waals surface area contributed by atoms with Crippen LogP contribution in [0.4, 0.5) is 0 Å². The zero-order valence-electron chi connectivity index (χ0n) is 10.5. The van der Waals surface area contributed by atoms with Crippen LogP contribution in [-0.2, 0) is 12.0 Å². The molecule has 1 saturated carbocycles. The minimum atomic E-state index is 0.451. The molecule has 0 aromatic heterocycles. The highest BCUT2D eigenvalue weighted by Crippen LogP contribution is 2.54. The Labute approximate surface area is 104 Å². The summed E-state index contributed by atoms with van der Waals surface area (Å²) in [5, 5.41) is 0. The van der Waals surface area contributed by atoms with Crippen molar-refractivity contribution in [3.63, 3.8) is 0 Å². The first-order valence-corrected chi connectivity index (χ1v) is 7.25. The first kappa shape index (κ1) is 10.1. The number of nitrogens with zero attached hydrogens (tertiary/aromatic N) is 1. The van der Waals surface area contributed by atoms with Gasteiger partial charge in [-0.3, -0.25) is 4.90 Å². The highest BCUT2D eigenvalue weighted by atomic mass is 15.2. The van der Waals surface area contributed by atoms with Crippen LogP contribution in [0, 0.1) is 5.92 Å². The summed E-state index contributed by atoms with van der Waals surface area (Å²) < 4.78 is 0. The van der Waals surface area contributed by atoms with Crippen LogP contribution >= 0.6 is 0 Å². The predicted octanol–water partition coefficient (Wildman–Crippen LogP) is 3.33. The fourth-order valence-electron chi connectivity index (χ4n) is 4.79. The van der Waals surface area contributed by atoms with E-state index in [1.54, 1.807) is 11.1 Å². The molecule has 2 atom stereocenters. The van der Waals surface area contributed by atoms with E-state index in [1.807, 2.05) is 0 Å². The van der Waals surface area contributed by atoms with Crippen LogP contribution in [0.1, 0.15) is 43.2 Å². The Morgan fingerprint density at radius 3 is 3.00 bits per heavy atom. The van der Waals surface area contributed by atoms with Crippen molar-refractivity contribution in [3.05, 3.63) is 35.4 Å². The lowest BCUT2D eigenvalue weighted by Gasteiger charge is -2.49. The van der Waals surface area contributed by atoms with Gasteiger partial charge in [-0.1, -0.05) is 37.1 Å². The van der Waals surface area contributed by atoms with Crippen molar-refractivity contribution in [1.29, 1.82) is 0 Å². The van der Waals surface area contributed by atoms with Gasteiger partial charge in [-0.15, -0.1) is 0 Å². The molecule has 1 nitrogen and oxygen atoms in total. The van der Waals surface area contributed by atoms with Gasteiger partial charge in [-0.05, 0) is 49.3 Å². The summed E-state index contributed by atoms with van der Waals surface area (Å²) in [5.74, 6) is 0.942. The average Bonchev–Trinajstić information content (AvgIpc) is 2.78. The van der Waals surface area contributed by atoms with Crippen molar-refractivity contribution in [2.24, 2.45) is 5.92 Å².